The molecular formula is C18H21F2N3O3. The van der Waals surface area contributed by atoms with Gasteiger partial charge in [-0.05, 0) is 25.8 Å². The predicted octanol–water partition coefficient (Wildman–Crippen LogP) is 2.20. The molecule has 2 aliphatic carbocycles. The number of hydrogen-bond donors (Lipinski definition) is 2. The van der Waals surface area contributed by atoms with Crippen LogP contribution < -0.4 is 0 Å². The van der Waals surface area contributed by atoms with Crippen LogP contribution in [0.1, 0.15) is 20.3 Å². The Labute approximate surface area is 149 Å². The highest BCUT2D eigenvalue weighted by atomic mass is 19.3. The highest BCUT2D eigenvalue weighted by molar-refractivity contribution is 6.32. The molecule has 1 amide bonds. The number of amides is 1. The summed E-state index contributed by atoms with van der Waals surface area (Å²) in [5.41, 5.74) is -1.23. The largest absolute Gasteiger partial charge is 0.491 e. The third-order valence-corrected chi connectivity index (χ3v) is 5.93. The number of nitrogens with zero attached hydrogens (tertiary/aromatic N) is 1. The van der Waals surface area contributed by atoms with E-state index in [-0.39, 0.29) is 18.2 Å². The van der Waals surface area contributed by atoms with Gasteiger partial charge in [0.1, 0.15) is 12.4 Å². The van der Waals surface area contributed by atoms with Crippen LogP contribution in [0.15, 0.2) is 23.5 Å². The summed E-state index contributed by atoms with van der Waals surface area (Å²) in [6, 6.07) is -0.507. The second-order valence-electron chi connectivity index (χ2n) is 7.22. The van der Waals surface area contributed by atoms with E-state index in [1.54, 1.807) is 30.9 Å². The van der Waals surface area contributed by atoms with Gasteiger partial charge in [-0.25, -0.2) is 8.78 Å². The molecule has 0 aromatic carbocycles. The zero-order valence-corrected chi connectivity index (χ0v) is 14.6. The first-order valence-corrected chi connectivity index (χ1v) is 8.40. The maximum Gasteiger partial charge on any atom is 0.272 e. The lowest BCUT2D eigenvalue weighted by atomic mass is 9.65. The lowest BCUT2D eigenvalue weighted by molar-refractivity contribution is -0.133. The molecule has 3 rings (SSSR count). The van der Waals surface area contributed by atoms with Gasteiger partial charge in [0, 0.05) is 18.8 Å². The van der Waals surface area contributed by atoms with Gasteiger partial charge in [0.15, 0.2) is 6.29 Å². The molecule has 0 bridgehead atoms. The van der Waals surface area contributed by atoms with Gasteiger partial charge in [-0.1, -0.05) is 12.2 Å². The minimum atomic E-state index is -2.63. The zero-order chi connectivity index (χ0) is 19.3. The second-order valence-corrected chi connectivity index (χ2v) is 7.22. The molecule has 0 spiro atoms. The molecule has 8 heteroatoms. The van der Waals surface area contributed by atoms with Crippen molar-refractivity contribution in [3.63, 3.8) is 0 Å². The minimum Gasteiger partial charge on any atom is -0.491 e. The van der Waals surface area contributed by atoms with Gasteiger partial charge in [0.2, 0.25) is 5.91 Å². The Bertz CT molecular complexity index is 748. The lowest BCUT2D eigenvalue weighted by Gasteiger charge is -2.48. The molecule has 1 fully saturated rings. The standard InChI is InChI=1S/C18H21F2N3O3/c1-10-5-18(8-21,15(10)26-7-14(19)20)11(2)23-9-17(13(22)6-24)4-3-12(17)16(23)25/h3-4,6,8,11-12,14,21-22H,5,7,9H2,1-2H3/t11?,12?,17?,18-/m0/s1. The summed E-state index contributed by atoms with van der Waals surface area (Å²) in [6.07, 6.45) is 2.81. The van der Waals surface area contributed by atoms with Crippen LogP contribution in [-0.4, -0.2) is 54.6 Å². The summed E-state index contributed by atoms with van der Waals surface area (Å²) in [5, 5.41) is 15.8. The van der Waals surface area contributed by atoms with Gasteiger partial charge in [0.05, 0.1) is 22.5 Å². The normalized spacial score (nSPS) is 33.5. The van der Waals surface area contributed by atoms with Crippen LogP contribution in [0.5, 0.6) is 0 Å². The zero-order valence-electron chi connectivity index (χ0n) is 14.6. The van der Waals surface area contributed by atoms with Gasteiger partial charge in [-0.15, -0.1) is 0 Å². The Morgan fingerprint density at radius 2 is 2.23 bits per heavy atom. The number of nitrogens with one attached hydrogen (secondary N) is 2. The van der Waals surface area contributed by atoms with Crippen molar-refractivity contribution in [1.29, 1.82) is 10.8 Å². The Kier molecular flexibility index (Phi) is 4.32. The van der Waals surface area contributed by atoms with Crippen LogP contribution in [0, 0.1) is 27.6 Å². The van der Waals surface area contributed by atoms with Crippen molar-refractivity contribution in [3.8, 4) is 0 Å². The first-order chi connectivity index (χ1) is 12.2. The molecule has 3 aliphatic rings. The van der Waals surface area contributed by atoms with Gasteiger partial charge < -0.3 is 20.5 Å². The number of aldehydes is 1. The lowest BCUT2D eigenvalue weighted by Crippen LogP contribution is -2.54. The molecule has 1 saturated heterocycles. The molecule has 1 aliphatic heterocycles. The molecule has 4 atom stereocenters. The summed E-state index contributed by atoms with van der Waals surface area (Å²) < 4.78 is 30.4. The van der Waals surface area contributed by atoms with Gasteiger partial charge in [-0.2, -0.15) is 0 Å². The first-order valence-electron chi connectivity index (χ1n) is 8.40. The molecule has 2 N–H and O–H groups in total. The van der Waals surface area contributed by atoms with E-state index in [1.165, 1.54) is 0 Å². The second kappa shape index (κ2) is 6.10. The Morgan fingerprint density at radius 1 is 1.54 bits per heavy atom. The molecule has 0 aromatic heterocycles. The Balaban J connectivity index is 1.86. The summed E-state index contributed by atoms with van der Waals surface area (Å²) in [5.74, 6) is -0.452. The van der Waals surface area contributed by atoms with Crippen molar-refractivity contribution in [2.24, 2.45) is 16.7 Å². The van der Waals surface area contributed by atoms with E-state index in [1.807, 2.05) is 0 Å². The number of alkyl halides is 2. The van der Waals surface area contributed by atoms with Gasteiger partial charge in [0.25, 0.3) is 6.43 Å². The van der Waals surface area contributed by atoms with E-state index in [9.17, 15) is 18.4 Å². The topological polar surface area (TPSA) is 94.3 Å². The van der Waals surface area contributed by atoms with Crippen molar-refractivity contribution in [3.05, 3.63) is 23.5 Å². The Hall–Kier alpha value is -2.38. The van der Waals surface area contributed by atoms with E-state index in [4.69, 9.17) is 15.6 Å². The number of rotatable bonds is 8. The highest BCUT2D eigenvalue weighted by Crippen LogP contribution is 2.54. The third kappa shape index (κ3) is 2.27. The van der Waals surface area contributed by atoms with Crippen LogP contribution >= 0.6 is 0 Å². The van der Waals surface area contributed by atoms with Crippen molar-refractivity contribution < 1.29 is 23.1 Å². The molecule has 3 unspecified atom stereocenters. The molecule has 0 saturated carbocycles. The van der Waals surface area contributed by atoms with Gasteiger partial charge >= 0.3 is 0 Å². The average Bonchev–Trinajstić information content (AvgIpc) is 2.77. The maximum absolute atomic E-state index is 12.8. The predicted molar refractivity (Wildman–Crippen MR) is 90.5 cm³/mol. The van der Waals surface area contributed by atoms with E-state index < -0.39 is 35.8 Å². The number of allylic oxidation sites excluding steroid dienone is 1. The molecular weight excluding hydrogens is 344 g/mol. The van der Waals surface area contributed by atoms with Crippen LogP contribution in [0.4, 0.5) is 8.78 Å². The number of carbonyl (C=O) groups is 2. The smallest absolute Gasteiger partial charge is 0.272 e. The first kappa shape index (κ1) is 18.4. The maximum atomic E-state index is 12.8. The monoisotopic (exact) mass is 365 g/mol. The quantitative estimate of drug-likeness (QED) is 0.392. The molecule has 6 nitrogen and oxygen atoms in total. The number of fused-ring (bicyclic) bond motifs is 1. The fraction of sp³-hybridized carbons (Fsp3) is 0.556. The highest BCUT2D eigenvalue weighted by Gasteiger charge is 2.61. The van der Waals surface area contributed by atoms with Crippen molar-refractivity contribution >= 4 is 24.1 Å². The number of hydrogen-bond acceptors (Lipinski definition) is 5. The summed E-state index contributed by atoms with van der Waals surface area (Å²) in [7, 11) is 0. The van der Waals surface area contributed by atoms with Crippen LogP contribution in [-0.2, 0) is 14.3 Å². The molecule has 0 radical (unpaired) electrons. The molecule has 140 valence electrons. The van der Waals surface area contributed by atoms with Gasteiger partial charge in [-0.3, -0.25) is 9.59 Å². The number of carbonyl (C=O) groups excluding carboxylic acids is 2. The molecule has 1 heterocycles. The Morgan fingerprint density at radius 3 is 2.69 bits per heavy atom. The SMILES string of the molecule is CC1=C(OCC(F)F)[C@@](C=N)(C(C)N2CC3(C(=N)C=O)C=CC3C2=O)C1. The fourth-order valence-electron chi connectivity index (χ4n) is 4.34. The third-order valence-electron chi connectivity index (χ3n) is 5.93. The van der Waals surface area contributed by atoms with Crippen LogP contribution in [0.2, 0.25) is 0 Å². The van der Waals surface area contributed by atoms with Crippen molar-refractivity contribution in [1.82, 2.24) is 4.90 Å². The number of likely N-dealkylation sites (tertiary alicyclic amines) is 1. The number of halogens is 2. The average molecular weight is 365 g/mol. The summed E-state index contributed by atoms with van der Waals surface area (Å²) in [6.45, 7) is 2.93. The van der Waals surface area contributed by atoms with E-state index in [2.05, 4.69) is 0 Å². The van der Waals surface area contributed by atoms with E-state index in [0.717, 1.165) is 11.8 Å². The van der Waals surface area contributed by atoms with Crippen molar-refractivity contribution in [2.45, 2.75) is 32.7 Å². The molecule has 0 aromatic rings. The summed E-state index contributed by atoms with van der Waals surface area (Å²) >= 11 is 0. The van der Waals surface area contributed by atoms with Crippen LogP contribution in [0.3, 0.4) is 0 Å². The fourth-order valence-corrected chi connectivity index (χ4v) is 4.34. The van der Waals surface area contributed by atoms with E-state index >= 15 is 0 Å². The minimum absolute atomic E-state index is 0.147. The van der Waals surface area contributed by atoms with Crippen LogP contribution in [0.25, 0.3) is 0 Å². The number of ether oxygens (including phenoxy) is 1. The summed E-state index contributed by atoms with van der Waals surface area (Å²) in [4.78, 5) is 25.4. The van der Waals surface area contributed by atoms with E-state index in [0.29, 0.717) is 18.5 Å². The van der Waals surface area contributed by atoms with Crippen molar-refractivity contribution in [2.75, 3.05) is 13.2 Å². The molecule has 26 heavy (non-hydrogen) atoms.